The minimum absolute atomic E-state index is 0.0225. The van der Waals surface area contributed by atoms with Gasteiger partial charge in [-0.25, -0.2) is 14.4 Å². The van der Waals surface area contributed by atoms with Crippen molar-refractivity contribution >= 4 is 35.8 Å². The van der Waals surface area contributed by atoms with Crippen molar-refractivity contribution in [2.45, 2.75) is 108 Å². The fourth-order valence-electron chi connectivity index (χ4n) is 10.2. The first-order valence-electron chi connectivity index (χ1n) is 21.2. The quantitative estimate of drug-likeness (QED) is 0.119. The van der Waals surface area contributed by atoms with Crippen LogP contribution in [0.15, 0.2) is 102 Å². The van der Waals surface area contributed by atoms with Crippen molar-refractivity contribution in [2.75, 3.05) is 13.2 Å². The van der Waals surface area contributed by atoms with Crippen LogP contribution in [-0.4, -0.2) is 112 Å². The van der Waals surface area contributed by atoms with E-state index in [4.69, 9.17) is 28.4 Å². The van der Waals surface area contributed by atoms with Crippen LogP contribution in [-0.2, 0) is 42.8 Å². The highest BCUT2D eigenvalue weighted by Gasteiger charge is 2.78. The van der Waals surface area contributed by atoms with Gasteiger partial charge in [0.1, 0.15) is 23.9 Å². The van der Waals surface area contributed by atoms with Gasteiger partial charge in [-0.15, -0.1) is 0 Å². The lowest BCUT2D eigenvalue weighted by Crippen LogP contribution is -2.82. The summed E-state index contributed by atoms with van der Waals surface area (Å²) in [4.78, 5) is 84.1. The van der Waals surface area contributed by atoms with Gasteiger partial charge in [-0.05, 0) is 61.7 Å². The molecule has 16 heteroatoms. The summed E-state index contributed by atoms with van der Waals surface area (Å²) in [6.45, 7) is 8.14. The molecule has 0 radical (unpaired) electrons. The number of esters is 3. The van der Waals surface area contributed by atoms with E-state index in [-0.39, 0.29) is 41.9 Å². The van der Waals surface area contributed by atoms with Crippen molar-refractivity contribution in [1.29, 1.82) is 0 Å². The zero-order chi connectivity index (χ0) is 46.4. The fourth-order valence-corrected chi connectivity index (χ4v) is 10.2. The molecule has 2 bridgehead atoms. The lowest BCUT2D eigenvalue weighted by atomic mass is 9.44. The second kappa shape index (κ2) is 17.6. The predicted octanol–water partition coefficient (Wildman–Crippen LogP) is 4.35. The van der Waals surface area contributed by atoms with E-state index in [1.54, 1.807) is 99.6 Å². The number of rotatable bonds is 11. The maximum absolute atomic E-state index is 15.6. The number of ether oxygens (including phenoxy) is 6. The number of carbonyl (C=O) groups is 6. The summed E-state index contributed by atoms with van der Waals surface area (Å²) in [7, 11) is 0. The molecule has 340 valence electrons. The number of benzene rings is 3. The average Bonchev–Trinajstić information content (AvgIpc) is 3.27. The van der Waals surface area contributed by atoms with Crippen LogP contribution in [0.3, 0.4) is 0 Å². The van der Waals surface area contributed by atoms with E-state index in [1.807, 2.05) is 0 Å². The monoisotopic (exact) mass is 883 g/mol. The Bertz CT molecular complexity index is 2320. The number of carbonyl (C=O) groups excluding carboxylic acids is 6. The molecule has 3 aromatic carbocycles. The van der Waals surface area contributed by atoms with E-state index in [1.165, 1.54) is 26.0 Å². The number of aliphatic hydroxyl groups excluding tert-OH is 2. The highest BCUT2D eigenvalue weighted by atomic mass is 16.8. The summed E-state index contributed by atoms with van der Waals surface area (Å²) in [5.74, 6) is -6.23. The first-order chi connectivity index (χ1) is 30.3. The SMILES string of the molecule is CCOC(=O)O[C@@]12CO[C@@H]1C[C@H](O)[C@@]1(C)C(=O)[C@H](OC(C)=O)C3=C(C)[C@@H](OC(=O)[C@H](O)C(NC(=O)c4ccccc4)c4ccccc4)C[C@@](O)([C@@H](OC(=O)c4ccccc4)C12)C3(C)C. The second-order valence-electron chi connectivity index (χ2n) is 17.5. The third-order valence-electron chi connectivity index (χ3n) is 13.7. The zero-order valence-electron chi connectivity index (χ0n) is 36.3. The van der Waals surface area contributed by atoms with E-state index in [0.717, 1.165) is 6.92 Å². The summed E-state index contributed by atoms with van der Waals surface area (Å²) in [5.41, 5.74) is -7.35. The molecule has 1 aliphatic heterocycles. The third kappa shape index (κ3) is 7.75. The Kier molecular flexibility index (Phi) is 12.6. The molecule has 2 unspecified atom stereocenters. The van der Waals surface area contributed by atoms with Crippen molar-refractivity contribution in [3.63, 3.8) is 0 Å². The maximum Gasteiger partial charge on any atom is 0.509 e. The van der Waals surface area contributed by atoms with Crippen LogP contribution in [0.5, 0.6) is 0 Å². The van der Waals surface area contributed by atoms with Crippen LogP contribution >= 0.6 is 0 Å². The van der Waals surface area contributed by atoms with E-state index in [2.05, 4.69) is 5.32 Å². The molecule has 7 rings (SSSR count). The molecule has 16 nitrogen and oxygen atoms in total. The van der Waals surface area contributed by atoms with Gasteiger partial charge in [0, 0.05) is 30.7 Å². The van der Waals surface area contributed by atoms with Crippen LogP contribution in [0.25, 0.3) is 0 Å². The number of aliphatic hydroxyl groups is 3. The first-order valence-corrected chi connectivity index (χ1v) is 21.2. The molecule has 1 heterocycles. The zero-order valence-corrected chi connectivity index (χ0v) is 36.3. The van der Waals surface area contributed by atoms with Gasteiger partial charge < -0.3 is 49.1 Å². The van der Waals surface area contributed by atoms with Crippen molar-refractivity contribution in [2.24, 2.45) is 16.7 Å². The number of ketones is 1. The summed E-state index contributed by atoms with van der Waals surface area (Å²) in [6.07, 6.45) is -12.0. The molecular formula is C48H53NO15. The number of hydrogen-bond donors (Lipinski definition) is 4. The van der Waals surface area contributed by atoms with E-state index >= 15 is 4.79 Å². The number of hydrogen-bond acceptors (Lipinski definition) is 15. The molecule has 1 amide bonds. The standard InChI is InChI=1S/C48H53NO15/c1-7-59-44(57)64-47-25-60-33(47)23-32(51)46(6)38(47)40(63-42(55)30-21-15-10-16-22-30)48(58)24-31(26(2)34(45(48,4)5)37(39(46)53)61-27(3)50)62-43(56)36(52)35(28-17-11-8-12-18-28)49-41(54)29-19-13-9-14-20-29/h8-22,31-33,35-38,40,51-52,58H,7,23-25H2,1-6H3,(H,49,54)/t31-,32-,33+,35?,36+,37+,38?,40-,46+,47-,48+/m0/s1. The summed E-state index contributed by atoms with van der Waals surface area (Å²) < 4.78 is 35.6. The summed E-state index contributed by atoms with van der Waals surface area (Å²) in [6, 6.07) is 22.8. The van der Waals surface area contributed by atoms with E-state index < -0.39 is 113 Å². The van der Waals surface area contributed by atoms with Gasteiger partial charge in [-0.1, -0.05) is 80.6 Å². The van der Waals surface area contributed by atoms with E-state index in [9.17, 15) is 39.3 Å². The largest absolute Gasteiger partial charge is 0.509 e. The van der Waals surface area contributed by atoms with Gasteiger partial charge >= 0.3 is 24.1 Å². The summed E-state index contributed by atoms with van der Waals surface area (Å²) >= 11 is 0. The topological polar surface area (TPSA) is 231 Å². The molecule has 4 aliphatic rings. The van der Waals surface area contributed by atoms with Crippen molar-refractivity contribution in [3.8, 4) is 0 Å². The molecule has 0 spiro atoms. The Hall–Kier alpha value is -5.94. The highest BCUT2D eigenvalue weighted by Crippen LogP contribution is 2.64. The summed E-state index contributed by atoms with van der Waals surface area (Å²) in [5, 5.41) is 40.4. The minimum Gasteiger partial charge on any atom is -0.456 e. The third-order valence-corrected chi connectivity index (χ3v) is 13.7. The lowest BCUT2D eigenvalue weighted by Gasteiger charge is -2.67. The normalized spacial score (nSPS) is 31.2. The Morgan fingerprint density at radius 1 is 0.875 bits per heavy atom. The molecular weight excluding hydrogens is 831 g/mol. The molecule has 0 aromatic heterocycles. The van der Waals surface area contributed by atoms with Crippen LogP contribution in [0.1, 0.15) is 86.7 Å². The van der Waals surface area contributed by atoms with Crippen LogP contribution in [0, 0.1) is 16.7 Å². The number of amides is 1. The highest BCUT2D eigenvalue weighted by molar-refractivity contribution is 5.96. The van der Waals surface area contributed by atoms with E-state index in [0.29, 0.717) is 5.56 Å². The Labute approximate surface area is 369 Å². The number of Topliss-reactive ketones (excluding diaryl/α,β-unsaturated/α-hetero) is 1. The Morgan fingerprint density at radius 3 is 2.03 bits per heavy atom. The number of nitrogens with one attached hydrogen (secondary N) is 1. The Morgan fingerprint density at radius 2 is 1.47 bits per heavy atom. The first kappa shape index (κ1) is 46.1. The lowest BCUT2D eigenvalue weighted by molar-refractivity contribution is -0.344. The maximum atomic E-state index is 15.6. The van der Waals surface area contributed by atoms with Gasteiger partial charge in [0.25, 0.3) is 5.91 Å². The van der Waals surface area contributed by atoms with Crippen LogP contribution < -0.4 is 5.32 Å². The van der Waals surface area contributed by atoms with Crippen molar-refractivity contribution < 1.29 is 72.5 Å². The minimum atomic E-state index is -2.43. The van der Waals surface area contributed by atoms with Gasteiger partial charge in [-0.2, -0.15) is 0 Å². The molecule has 2 saturated carbocycles. The van der Waals surface area contributed by atoms with Gasteiger partial charge in [0.05, 0.1) is 42.3 Å². The van der Waals surface area contributed by atoms with Gasteiger partial charge in [-0.3, -0.25) is 14.4 Å². The van der Waals surface area contributed by atoms with Gasteiger partial charge in [0.15, 0.2) is 23.6 Å². The molecule has 4 N–H and O–H groups in total. The molecule has 3 fully saturated rings. The predicted molar refractivity (Wildman–Crippen MR) is 224 cm³/mol. The smallest absolute Gasteiger partial charge is 0.456 e. The average molecular weight is 884 g/mol. The fraction of sp³-hybridized carbons (Fsp3) is 0.458. The molecule has 1 saturated heterocycles. The van der Waals surface area contributed by atoms with Crippen LogP contribution in [0.2, 0.25) is 0 Å². The molecule has 3 aromatic rings. The van der Waals surface area contributed by atoms with Crippen LogP contribution in [0.4, 0.5) is 4.79 Å². The molecule has 64 heavy (non-hydrogen) atoms. The number of fused-ring (bicyclic) bond motifs is 5. The molecule has 11 atom stereocenters. The van der Waals surface area contributed by atoms with Crippen molar-refractivity contribution in [1.82, 2.24) is 5.32 Å². The Balaban J connectivity index is 1.39. The second-order valence-corrected chi connectivity index (χ2v) is 17.5. The molecule has 3 aliphatic carbocycles. The van der Waals surface area contributed by atoms with Gasteiger partial charge in [0.2, 0.25) is 0 Å². The van der Waals surface area contributed by atoms with Crippen molar-refractivity contribution in [3.05, 3.63) is 119 Å².